The Bertz CT molecular complexity index is 120. The molecule has 4 nitrogen and oxygen atoms in total. The van der Waals surface area contributed by atoms with Gasteiger partial charge in [0.2, 0.25) is 0 Å². The summed E-state index contributed by atoms with van der Waals surface area (Å²) in [5.74, 6) is -0.981. The molecule has 0 amide bonds. The number of aliphatic hydroxyl groups is 1. The van der Waals surface area contributed by atoms with E-state index in [1.54, 1.807) is 0 Å². The lowest BCUT2D eigenvalue weighted by atomic mass is 10.5. The molecule has 0 saturated carbocycles. The van der Waals surface area contributed by atoms with Crippen molar-refractivity contribution < 1.29 is 15.0 Å². The Morgan fingerprint density at radius 1 is 1.90 bits per heavy atom. The van der Waals surface area contributed by atoms with Crippen molar-refractivity contribution in [3.63, 3.8) is 0 Å². The van der Waals surface area contributed by atoms with E-state index < -0.39 is 5.97 Å². The zero-order valence-corrected chi connectivity index (χ0v) is 5.58. The number of aliphatic carboxylic acids is 1. The number of hydrogen-bond acceptors (Lipinski definition) is 3. The van der Waals surface area contributed by atoms with Crippen molar-refractivity contribution in [1.82, 2.24) is 5.32 Å². The van der Waals surface area contributed by atoms with Gasteiger partial charge in [0.05, 0.1) is 6.61 Å². The molecular weight excluding hydrogens is 134 g/mol. The normalized spacial score (nSPS) is 20.3. The van der Waals surface area contributed by atoms with Crippen LogP contribution in [0.1, 0.15) is 0 Å². The molecule has 0 aromatic rings. The minimum Gasteiger partial charge on any atom is -0.478 e. The standard InChI is InChI=1S/C3H7NO.C3H4O2/c5-2-3-1-4-3;1-2-3(4)5/h3-5H,1-2H2;2H,1H2,(H,4,5). The molecule has 1 atom stereocenters. The molecule has 0 aromatic carbocycles. The number of nitrogens with one attached hydrogen (secondary N) is 1. The van der Waals surface area contributed by atoms with Crippen LogP contribution >= 0.6 is 0 Å². The maximum Gasteiger partial charge on any atom is 0.327 e. The molecule has 4 heteroatoms. The Balaban J connectivity index is 0.000000162. The first kappa shape index (κ1) is 9.13. The van der Waals surface area contributed by atoms with Crippen LogP contribution in [0.4, 0.5) is 0 Å². The van der Waals surface area contributed by atoms with Crippen molar-refractivity contribution in [3.8, 4) is 0 Å². The zero-order chi connectivity index (χ0) is 7.98. The average Bonchev–Trinajstić information content (AvgIpc) is 2.70. The van der Waals surface area contributed by atoms with E-state index in [1.807, 2.05) is 0 Å². The maximum atomic E-state index is 9.25. The predicted octanol–water partition coefficient (Wildman–Crippen LogP) is -0.792. The predicted molar refractivity (Wildman–Crippen MR) is 36.7 cm³/mol. The first-order chi connectivity index (χ1) is 4.70. The van der Waals surface area contributed by atoms with Crippen molar-refractivity contribution in [2.24, 2.45) is 0 Å². The highest BCUT2D eigenvalue weighted by Gasteiger charge is 2.16. The van der Waals surface area contributed by atoms with E-state index >= 15 is 0 Å². The third-order valence-electron chi connectivity index (χ3n) is 0.888. The van der Waals surface area contributed by atoms with Crippen LogP contribution in [0.5, 0.6) is 0 Å². The van der Waals surface area contributed by atoms with Crippen molar-refractivity contribution in [2.75, 3.05) is 13.2 Å². The quantitative estimate of drug-likeness (QED) is 0.351. The molecule has 1 unspecified atom stereocenters. The fourth-order valence-corrected chi connectivity index (χ4v) is 0.212. The minimum absolute atomic E-state index is 0.306. The second-order valence-corrected chi connectivity index (χ2v) is 1.83. The maximum absolute atomic E-state index is 9.25. The molecule has 10 heavy (non-hydrogen) atoms. The van der Waals surface area contributed by atoms with E-state index in [1.165, 1.54) is 0 Å². The van der Waals surface area contributed by atoms with Gasteiger partial charge in [-0.15, -0.1) is 0 Å². The molecule has 58 valence electrons. The van der Waals surface area contributed by atoms with E-state index in [9.17, 15) is 4.79 Å². The molecule has 1 heterocycles. The summed E-state index contributed by atoms with van der Waals surface area (Å²) in [5.41, 5.74) is 0. The van der Waals surface area contributed by atoms with Crippen molar-refractivity contribution in [3.05, 3.63) is 12.7 Å². The number of rotatable bonds is 2. The van der Waals surface area contributed by atoms with Crippen LogP contribution in [0.3, 0.4) is 0 Å². The smallest absolute Gasteiger partial charge is 0.327 e. The number of carboxylic acids is 1. The van der Waals surface area contributed by atoms with Crippen LogP contribution in [0.25, 0.3) is 0 Å². The highest BCUT2D eigenvalue weighted by molar-refractivity contribution is 5.78. The lowest BCUT2D eigenvalue weighted by Gasteiger charge is -1.72. The van der Waals surface area contributed by atoms with Gasteiger partial charge in [-0.3, -0.25) is 0 Å². The van der Waals surface area contributed by atoms with Gasteiger partial charge in [-0.1, -0.05) is 6.58 Å². The second-order valence-electron chi connectivity index (χ2n) is 1.83. The Kier molecular flexibility index (Phi) is 4.53. The molecule has 0 bridgehead atoms. The van der Waals surface area contributed by atoms with Gasteiger partial charge in [-0.25, -0.2) is 4.79 Å². The molecule has 3 N–H and O–H groups in total. The summed E-state index contributed by atoms with van der Waals surface area (Å²) in [5, 5.41) is 18.7. The van der Waals surface area contributed by atoms with Gasteiger partial charge in [0.25, 0.3) is 0 Å². The van der Waals surface area contributed by atoms with Crippen LogP contribution < -0.4 is 5.32 Å². The molecule has 1 fully saturated rings. The molecule has 1 rings (SSSR count). The Morgan fingerprint density at radius 3 is 2.30 bits per heavy atom. The highest BCUT2D eigenvalue weighted by atomic mass is 16.4. The van der Waals surface area contributed by atoms with E-state index in [2.05, 4.69) is 11.9 Å². The molecular formula is C6H11NO3. The van der Waals surface area contributed by atoms with Crippen LogP contribution in [0, 0.1) is 0 Å². The third kappa shape index (κ3) is 7.13. The van der Waals surface area contributed by atoms with Crippen LogP contribution in [-0.2, 0) is 4.79 Å². The number of carboxylic acid groups (broad SMARTS) is 1. The van der Waals surface area contributed by atoms with Gasteiger partial charge in [0.1, 0.15) is 0 Å². The summed E-state index contributed by atoms with van der Waals surface area (Å²) in [6.07, 6.45) is 0.833. The first-order valence-electron chi connectivity index (χ1n) is 2.90. The largest absolute Gasteiger partial charge is 0.478 e. The van der Waals surface area contributed by atoms with Gasteiger partial charge in [0.15, 0.2) is 0 Å². The van der Waals surface area contributed by atoms with E-state index in [0.717, 1.165) is 12.6 Å². The fourth-order valence-electron chi connectivity index (χ4n) is 0.212. The second kappa shape index (κ2) is 4.96. The molecule has 1 aliphatic rings. The van der Waals surface area contributed by atoms with Gasteiger partial charge in [0, 0.05) is 18.7 Å². The van der Waals surface area contributed by atoms with Crippen LogP contribution in [0.2, 0.25) is 0 Å². The van der Waals surface area contributed by atoms with Gasteiger partial charge in [-0.05, 0) is 0 Å². The van der Waals surface area contributed by atoms with E-state index in [4.69, 9.17) is 10.2 Å². The van der Waals surface area contributed by atoms with Gasteiger partial charge >= 0.3 is 5.97 Å². The van der Waals surface area contributed by atoms with E-state index in [-0.39, 0.29) is 0 Å². The monoisotopic (exact) mass is 145 g/mol. The molecule has 0 aliphatic carbocycles. The summed E-state index contributed by atoms with van der Waals surface area (Å²) >= 11 is 0. The lowest BCUT2D eigenvalue weighted by molar-refractivity contribution is -0.131. The highest BCUT2D eigenvalue weighted by Crippen LogP contribution is 1.90. The van der Waals surface area contributed by atoms with Crippen LogP contribution in [0.15, 0.2) is 12.7 Å². The van der Waals surface area contributed by atoms with E-state index in [0.29, 0.717) is 12.6 Å². The van der Waals surface area contributed by atoms with Crippen molar-refractivity contribution in [2.45, 2.75) is 6.04 Å². The van der Waals surface area contributed by atoms with Crippen molar-refractivity contribution >= 4 is 5.97 Å². The molecule has 0 spiro atoms. The summed E-state index contributed by atoms with van der Waals surface area (Å²) in [7, 11) is 0. The Hall–Kier alpha value is -0.870. The van der Waals surface area contributed by atoms with Gasteiger partial charge in [-0.2, -0.15) is 0 Å². The molecule has 1 saturated heterocycles. The topological polar surface area (TPSA) is 79.5 Å². The SMILES string of the molecule is C=CC(=O)O.OCC1CN1. The summed E-state index contributed by atoms with van der Waals surface area (Å²) in [4.78, 5) is 9.25. The first-order valence-corrected chi connectivity index (χ1v) is 2.90. The Labute approximate surface area is 59.2 Å². The summed E-state index contributed by atoms with van der Waals surface area (Å²) in [6, 6.07) is 0.440. The Morgan fingerprint density at radius 2 is 2.30 bits per heavy atom. The van der Waals surface area contributed by atoms with Crippen molar-refractivity contribution in [1.29, 1.82) is 0 Å². The zero-order valence-electron chi connectivity index (χ0n) is 5.58. The lowest BCUT2D eigenvalue weighted by Crippen LogP contribution is -1.94. The third-order valence-corrected chi connectivity index (χ3v) is 0.888. The average molecular weight is 145 g/mol. The van der Waals surface area contributed by atoms with Gasteiger partial charge < -0.3 is 15.5 Å². The minimum atomic E-state index is -0.981. The molecule has 0 radical (unpaired) electrons. The summed E-state index contributed by atoms with van der Waals surface area (Å²) in [6.45, 7) is 4.28. The van der Waals surface area contributed by atoms with Crippen LogP contribution in [-0.4, -0.2) is 35.4 Å². The molecule has 0 aromatic heterocycles. The summed E-state index contributed by atoms with van der Waals surface area (Å²) < 4.78 is 0. The number of aliphatic hydroxyl groups excluding tert-OH is 1. The molecule has 1 aliphatic heterocycles. The number of hydrogen-bond donors (Lipinski definition) is 3. The fraction of sp³-hybridized carbons (Fsp3) is 0.500. The number of carbonyl (C=O) groups is 1.